The normalized spacial score (nSPS) is 10.8. The van der Waals surface area contributed by atoms with Gasteiger partial charge in [0.2, 0.25) is 5.82 Å². The van der Waals surface area contributed by atoms with Crippen LogP contribution in [0.1, 0.15) is 0 Å². The van der Waals surface area contributed by atoms with E-state index in [2.05, 4.69) is 15.1 Å². The van der Waals surface area contributed by atoms with Crippen molar-refractivity contribution in [3.05, 3.63) is 35.6 Å². The Bertz CT molecular complexity index is 733. The largest absolute Gasteiger partial charge is 0.398 e. The highest BCUT2D eigenvalue weighted by Crippen LogP contribution is 2.26. The molecule has 0 saturated heterocycles. The third-order valence-corrected chi connectivity index (χ3v) is 3.03. The molecule has 3 rings (SSSR count). The van der Waals surface area contributed by atoms with Crippen LogP contribution in [0.5, 0.6) is 0 Å². The molecule has 1 aromatic carbocycles. The second kappa shape index (κ2) is 4.40. The number of benzene rings is 1. The van der Waals surface area contributed by atoms with Gasteiger partial charge >= 0.3 is 0 Å². The first-order valence-electron chi connectivity index (χ1n) is 5.52. The highest BCUT2D eigenvalue weighted by molar-refractivity contribution is 6.33. The molecule has 7 heteroatoms. The van der Waals surface area contributed by atoms with Gasteiger partial charge in [-0.15, -0.1) is 0 Å². The van der Waals surface area contributed by atoms with Gasteiger partial charge in [-0.25, -0.2) is 4.98 Å². The van der Waals surface area contributed by atoms with E-state index in [0.29, 0.717) is 28.2 Å². The second-order valence-corrected chi connectivity index (χ2v) is 4.43. The molecule has 0 amide bonds. The van der Waals surface area contributed by atoms with Crippen molar-refractivity contribution >= 4 is 17.3 Å². The molecule has 0 saturated carbocycles. The first-order valence-corrected chi connectivity index (χ1v) is 5.90. The number of imidazole rings is 1. The molecular weight excluding hydrogens is 266 g/mol. The van der Waals surface area contributed by atoms with Gasteiger partial charge in [0, 0.05) is 25.0 Å². The van der Waals surface area contributed by atoms with Crippen LogP contribution in [0.25, 0.3) is 23.1 Å². The summed E-state index contributed by atoms with van der Waals surface area (Å²) in [5.74, 6) is 1.44. The first kappa shape index (κ1) is 11.7. The number of halogens is 1. The number of hydrogen-bond acceptors (Lipinski definition) is 5. The predicted molar refractivity (Wildman–Crippen MR) is 71.4 cm³/mol. The lowest BCUT2D eigenvalue weighted by molar-refractivity contribution is 0.431. The van der Waals surface area contributed by atoms with Gasteiger partial charge in [0.1, 0.15) is 0 Å². The van der Waals surface area contributed by atoms with Crippen LogP contribution in [0.3, 0.4) is 0 Å². The van der Waals surface area contributed by atoms with Crippen LogP contribution in [0.2, 0.25) is 5.02 Å². The summed E-state index contributed by atoms with van der Waals surface area (Å²) in [6.07, 6.45) is 3.48. The molecule has 0 unspecified atom stereocenters. The van der Waals surface area contributed by atoms with Crippen molar-refractivity contribution in [1.29, 1.82) is 0 Å². The van der Waals surface area contributed by atoms with Crippen molar-refractivity contribution in [2.75, 3.05) is 5.73 Å². The lowest BCUT2D eigenvalue weighted by atomic mass is 10.2. The van der Waals surface area contributed by atoms with Gasteiger partial charge in [-0.3, -0.25) is 0 Å². The smallest absolute Gasteiger partial charge is 0.258 e. The van der Waals surface area contributed by atoms with Crippen molar-refractivity contribution in [3.63, 3.8) is 0 Å². The third-order valence-electron chi connectivity index (χ3n) is 2.69. The predicted octanol–water partition coefficient (Wildman–Crippen LogP) is 2.37. The standard InChI is InChI=1S/C12H10ClN5O/c1-18-5-4-15-11(18)10-16-12(19-17-10)7-2-3-8(13)9(14)6-7/h2-6H,14H2,1H3. The minimum Gasteiger partial charge on any atom is -0.398 e. The Morgan fingerprint density at radius 2 is 2.21 bits per heavy atom. The van der Waals surface area contributed by atoms with E-state index in [4.69, 9.17) is 21.9 Å². The van der Waals surface area contributed by atoms with Gasteiger partial charge in [0.25, 0.3) is 5.89 Å². The molecular formula is C12H10ClN5O. The van der Waals surface area contributed by atoms with Gasteiger partial charge in [-0.1, -0.05) is 16.8 Å². The number of hydrogen-bond donors (Lipinski definition) is 1. The van der Waals surface area contributed by atoms with Crippen molar-refractivity contribution in [2.45, 2.75) is 0 Å². The maximum absolute atomic E-state index is 5.87. The topological polar surface area (TPSA) is 82.8 Å². The van der Waals surface area contributed by atoms with Crippen molar-refractivity contribution in [1.82, 2.24) is 19.7 Å². The first-order chi connectivity index (χ1) is 9.15. The average Bonchev–Trinajstić information content (AvgIpc) is 3.01. The Kier molecular flexibility index (Phi) is 2.72. The van der Waals surface area contributed by atoms with E-state index < -0.39 is 0 Å². The summed E-state index contributed by atoms with van der Waals surface area (Å²) in [5.41, 5.74) is 6.93. The number of aromatic nitrogens is 4. The van der Waals surface area contributed by atoms with Crippen LogP contribution < -0.4 is 5.73 Å². The molecule has 2 N–H and O–H groups in total. The summed E-state index contributed by atoms with van der Waals surface area (Å²) in [6.45, 7) is 0. The zero-order valence-corrected chi connectivity index (χ0v) is 10.8. The highest BCUT2D eigenvalue weighted by atomic mass is 35.5. The fraction of sp³-hybridized carbons (Fsp3) is 0.0833. The molecule has 0 atom stereocenters. The van der Waals surface area contributed by atoms with Crippen molar-refractivity contribution < 1.29 is 4.52 Å². The average molecular weight is 276 g/mol. The minimum atomic E-state index is 0.376. The number of aryl methyl sites for hydroxylation is 1. The van der Waals surface area contributed by atoms with Gasteiger partial charge in [-0.05, 0) is 18.2 Å². The summed E-state index contributed by atoms with van der Waals surface area (Å²) < 4.78 is 7.02. The van der Waals surface area contributed by atoms with Crippen molar-refractivity contribution in [3.8, 4) is 23.1 Å². The van der Waals surface area contributed by atoms with Crippen LogP contribution >= 0.6 is 11.6 Å². The fourth-order valence-corrected chi connectivity index (χ4v) is 1.81. The summed E-state index contributed by atoms with van der Waals surface area (Å²) in [4.78, 5) is 8.45. The Hall–Kier alpha value is -2.34. The molecule has 0 fully saturated rings. The van der Waals surface area contributed by atoms with Crippen LogP contribution in [0, 0.1) is 0 Å². The molecule has 0 spiro atoms. The zero-order chi connectivity index (χ0) is 13.4. The number of nitrogens with two attached hydrogens (primary N) is 1. The second-order valence-electron chi connectivity index (χ2n) is 4.02. The molecule has 3 aromatic rings. The Balaban J connectivity index is 2.01. The fourth-order valence-electron chi connectivity index (χ4n) is 1.69. The van der Waals surface area contributed by atoms with E-state index in [0.717, 1.165) is 5.56 Å². The Morgan fingerprint density at radius 1 is 1.37 bits per heavy atom. The van der Waals surface area contributed by atoms with E-state index in [1.807, 2.05) is 17.8 Å². The number of nitrogen functional groups attached to an aromatic ring is 1. The van der Waals surface area contributed by atoms with E-state index in [1.165, 1.54) is 0 Å². The van der Waals surface area contributed by atoms with E-state index in [-0.39, 0.29) is 0 Å². The van der Waals surface area contributed by atoms with Gasteiger partial charge in [0.05, 0.1) is 10.7 Å². The van der Waals surface area contributed by atoms with E-state index in [9.17, 15) is 0 Å². The molecule has 0 aliphatic rings. The van der Waals surface area contributed by atoms with Gasteiger partial charge < -0.3 is 14.8 Å². The van der Waals surface area contributed by atoms with Crippen molar-refractivity contribution in [2.24, 2.45) is 7.05 Å². The maximum atomic E-state index is 5.87. The summed E-state index contributed by atoms with van der Waals surface area (Å²) in [7, 11) is 1.86. The van der Waals surface area contributed by atoms with Crippen LogP contribution in [0.4, 0.5) is 5.69 Å². The van der Waals surface area contributed by atoms with Gasteiger partial charge in [-0.2, -0.15) is 4.98 Å². The number of anilines is 1. The molecule has 96 valence electrons. The third kappa shape index (κ3) is 2.06. The Labute approximate surface area is 113 Å². The quantitative estimate of drug-likeness (QED) is 0.726. The van der Waals surface area contributed by atoms with Crippen LogP contribution in [-0.2, 0) is 7.05 Å². The van der Waals surface area contributed by atoms with Gasteiger partial charge in [0.15, 0.2) is 5.82 Å². The molecule has 0 bridgehead atoms. The zero-order valence-electron chi connectivity index (χ0n) is 10.0. The number of nitrogens with zero attached hydrogens (tertiary/aromatic N) is 4. The molecule has 2 aromatic heterocycles. The monoisotopic (exact) mass is 275 g/mol. The van der Waals surface area contributed by atoms with E-state index >= 15 is 0 Å². The number of rotatable bonds is 2. The SMILES string of the molecule is Cn1ccnc1-c1noc(-c2ccc(Cl)c(N)c2)n1. The molecule has 19 heavy (non-hydrogen) atoms. The maximum Gasteiger partial charge on any atom is 0.258 e. The minimum absolute atomic E-state index is 0.376. The molecule has 2 heterocycles. The molecule has 0 aliphatic carbocycles. The summed E-state index contributed by atoms with van der Waals surface area (Å²) in [5, 5.41) is 4.40. The summed E-state index contributed by atoms with van der Waals surface area (Å²) >= 11 is 5.87. The van der Waals surface area contributed by atoms with Crippen LogP contribution in [0.15, 0.2) is 35.1 Å². The molecule has 0 radical (unpaired) electrons. The lowest BCUT2D eigenvalue weighted by Gasteiger charge is -1.98. The van der Waals surface area contributed by atoms with E-state index in [1.54, 1.807) is 24.4 Å². The Morgan fingerprint density at radius 3 is 2.89 bits per heavy atom. The summed E-state index contributed by atoms with van der Waals surface area (Å²) in [6, 6.07) is 5.16. The highest BCUT2D eigenvalue weighted by Gasteiger charge is 2.14. The molecule has 0 aliphatic heterocycles. The van der Waals surface area contributed by atoms with Crippen LogP contribution in [-0.4, -0.2) is 19.7 Å². The molecule has 6 nitrogen and oxygen atoms in total. The lowest BCUT2D eigenvalue weighted by Crippen LogP contribution is -1.92.